The van der Waals surface area contributed by atoms with E-state index in [9.17, 15) is 13.2 Å². The number of aromatic nitrogens is 2. The standard InChI is InChI=1S/C12H10ClF3N4O/c1-6-4-7(13)2-3-8(6)21-10-5-9(12(14,15)16)18-11(19-10)20-17/h2-5H,17H2,1H3,(H,18,19,20). The molecule has 9 heteroatoms. The number of ether oxygens (including phenoxy) is 1. The summed E-state index contributed by atoms with van der Waals surface area (Å²) in [6, 6.07) is 5.39. The molecule has 0 atom stereocenters. The molecule has 0 unspecified atom stereocenters. The van der Waals surface area contributed by atoms with E-state index >= 15 is 0 Å². The molecule has 0 saturated heterocycles. The van der Waals surface area contributed by atoms with Crippen LogP contribution in [-0.2, 0) is 6.18 Å². The Morgan fingerprint density at radius 2 is 1.95 bits per heavy atom. The molecule has 1 heterocycles. The predicted octanol–water partition coefficient (Wildman–Crippen LogP) is 3.54. The minimum atomic E-state index is -4.64. The number of nitrogens with zero attached hydrogens (tertiary/aromatic N) is 2. The Morgan fingerprint density at radius 1 is 1.24 bits per heavy atom. The van der Waals surface area contributed by atoms with Crippen LogP contribution in [0.4, 0.5) is 19.1 Å². The van der Waals surface area contributed by atoms with E-state index in [1.807, 2.05) is 5.43 Å². The van der Waals surface area contributed by atoms with Gasteiger partial charge in [-0.25, -0.2) is 10.8 Å². The maximum absolute atomic E-state index is 12.7. The molecule has 0 radical (unpaired) electrons. The quantitative estimate of drug-likeness (QED) is 0.669. The molecule has 2 rings (SSSR count). The molecule has 3 N–H and O–H groups in total. The van der Waals surface area contributed by atoms with E-state index in [1.54, 1.807) is 19.1 Å². The Hall–Kier alpha value is -2.06. The largest absolute Gasteiger partial charge is 0.439 e. The van der Waals surface area contributed by atoms with Crippen molar-refractivity contribution in [2.24, 2.45) is 5.84 Å². The van der Waals surface area contributed by atoms with Crippen molar-refractivity contribution in [2.45, 2.75) is 13.1 Å². The Bertz CT molecular complexity index is 663. The SMILES string of the molecule is Cc1cc(Cl)ccc1Oc1cc(C(F)(F)F)nc(NN)n1. The van der Waals surface area contributed by atoms with Crippen molar-refractivity contribution in [3.63, 3.8) is 0 Å². The van der Waals surface area contributed by atoms with Crippen LogP contribution in [0.1, 0.15) is 11.3 Å². The molecule has 1 aromatic heterocycles. The summed E-state index contributed by atoms with van der Waals surface area (Å²) in [4.78, 5) is 6.95. The summed E-state index contributed by atoms with van der Waals surface area (Å²) in [5.41, 5.74) is 1.46. The molecule has 0 aliphatic carbocycles. The van der Waals surface area contributed by atoms with E-state index in [0.717, 1.165) is 0 Å². The van der Waals surface area contributed by atoms with Gasteiger partial charge in [-0.3, -0.25) is 5.43 Å². The van der Waals surface area contributed by atoms with Gasteiger partial charge in [0.15, 0.2) is 5.69 Å². The number of nitrogens with one attached hydrogen (secondary N) is 1. The number of hydrogen-bond acceptors (Lipinski definition) is 5. The molecule has 0 amide bonds. The van der Waals surface area contributed by atoms with Crippen LogP contribution in [-0.4, -0.2) is 9.97 Å². The topological polar surface area (TPSA) is 73.1 Å². The third-order valence-corrected chi connectivity index (χ3v) is 2.71. The molecule has 0 aliphatic heterocycles. The summed E-state index contributed by atoms with van der Waals surface area (Å²) in [6.45, 7) is 1.70. The first kappa shape index (κ1) is 15.3. The second-order valence-electron chi connectivity index (χ2n) is 4.07. The van der Waals surface area contributed by atoms with Crippen molar-refractivity contribution < 1.29 is 17.9 Å². The maximum Gasteiger partial charge on any atom is 0.433 e. The lowest BCUT2D eigenvalue weighted by Crippen LogP contribution is -2.15. The van der Waals surface area contributed by atoms with Gasteiger partial charge in [0.25, 0.3) is 0 Å². The highest BCUT2D eigenvalue weighted by atomic mass is 35.5. The zero-order valence-corrected chi connectivity index (χ0v) is 11.5. The minimum Gasteiger partial charge on any atom is -0.439 e. The molecule has 5 nitrogen and oxygen atoms in total. The van der Waals surface area contributed by atoms with Gasteiger partial charge in [0.2, 0.25) is 11.8 Å². The van der Waals surface area contributed by atoms with Crippen molar-refractivity contribution in [3.8, 4) is 11.6 Å². The molecule has 0 fully saturated rings. The fourth-order valence-electron chi connectivity index (χ4n) is 1.53. The summed E-state index contributed by atoms with van der Waals surface area (Å²) in [5, 5.41) is 0.489. The van der Waals surface area contributed by atoms with Crippen molar-refractivity contribution in [1.82, 2.24) is 9.97 Å². The summed E-state index contributed by atoms with van der Waals surface area (Å²) in [7, 11) is 0. The highest BCUT2D eigenvalue weighted by Crippen LogP contribution is 2.32. The molecular formula is C12H10ClF3N4O. The maximum atomic E-state index is 12.7. The zero-order chi connectivity index (χ0) is 15.6. The van der Waals surface area contributed by atoms with Crippen LogP contribution in [0.25, 0.3) is 0 Å². The molecule has 2 aromatic rings. The predicted molar refractivity (Wildman–Crippen MR) is 71.1 cm³/mol. The number of alkyl halides is 3. The normalized spacial score (nSPS) is 11.3. The lowest BCUT2D eigenvalue weighted by molar-refractivity contribution is -0.141. The zero-order valence-electron chi connectivity index (χ0n) is 10.7. The van der Waals surface area contributed by atoms with E-state index in [1.165, 1.54) is 6.07 Å². The lowest BCUT2D eigenvalue weighted by atomic mass is 10.2. The van der Waals surface area contributed by atoms with E-state index in [4.69, 9.17) is 22.2 Å². The second kappa shape index (κ2) is 5.74. The van der Waals surface area contributed by atoms with Gasteiger partial charge in [0, 0.05) is 11.1 Å². The third-order valence-electron chi connectivity index (χ3n) is 2.47. The van der Waals surface area contributed by atoms with Crippen molar-refractivity contribution >= 4 is 17.5 Å². The Morgan fingerprint density at radius 3 is 2.52 bits per heavy atom. The molecule has 0 aliphatic rings. The molecule has 0 bridgehead atoms. The number of benzene rings is 1. The fourth-order valence-corrected chi connectivity index (χ4v) is 1.75. The summed E-state index contributed by atoms with van der Waals surface area (Å²) in [6.07, 6.45) is -4.64. The first-order valence-corrected chi connectivity index (χ1v) is 6.04. The minimum absolute atomic E-state index is 0.282. The number of nitrogen functional groups attached to an aromatic ring is 1. The van der Waals surface area contributed by atoms with Crippen molar-refractivity contribution in [2.75, 3.05) is 5.43 Å². The van der Waals surface area contributed by atoms with E-state index in [0.29, 0.717) is 22.4 Å². The highest BCUT2D eigenvalue weighted by molar-refractivity contribution is 6.30. The number of hydrazine groups is 1. The van der Waals surface area contributed by atoms with E-state index in [-0.39, 0.29) is 5.88 Å². The first-order chi connectivity index (χ1) is 9.79. The van der Waals surface area contributed by atoms with Crippen LogP contribution in [0, 0.1) is 6.92 Å². The van der Waals surface area contributed by atoms with Gasteiger partial charge < -0.3 is 4.74 Å². The van der Waals surface area contributed by atoms with Crippen LogP contribution >= 0.6 is 11.6 Å². The van der Waals surface area contributed by atoms with Crippen molar-refractivity contribution in [3.05, 3.63) is 40.5 Å². The number of nitrogens with two attached hydrogens (primary N) is 1. The number of rotatable bonds is 3. The fraction of sp³-hybridized carbons (Fsp3) is 0.167. The van der Waals surface area contributed by atoms with Crippen LogP contribution < -0.4 is 16.0 Å². The van der Waals surface area contributed by atoms with Gasteiger partial charge >= 0.3 is 6.18 Å². The molecule has 0 saturated carbocycles. The van der Waals surface area contributed by atoms with Gasteiger partial charge in [-0.1, -0.05) is 11.6 Å². The first-order valence-electron chi connectivity index (χ1n) is 5.66. The number of hydrogen-bond donors (Lipinski definition) is 2. The number of anilines is 1. The molecular weight excluding hydrogens is 309 g/mol. The number of aryl methyl sites for hydroxylation is 1. The van der Waals surface area contributed by atoms with Gasteiger partial charge in [0.05, 0.1) is 0 Å². The van der Waals surface area contributed by atoms with Crippen LogP contribution in [0.15, 0.2) is 24.3 Å². The van der Waals surface area contributed by atoms with Crippen LogP contribution in [0.5, 0.6) is 11.6 Å². The summed E-state index contributed by atoms with van der Waals surface area (Å²) < 4.78 is 43.5. The smallest absolute Gasteiger partial charge is 0.433 e. The lowest BCUT2D eigenvalue weighted by Gasteiger charge is -2.12. The average molecular weight is 319 g/mol. The van der Waals surface area contributed by atoms with E-state index in [2.05, 4.69) is 9.97 Å². The second-order valence-corrected chi connectivity index (χ2v) is 4.51. The molecule has 21 heavy (non-hydrogen) atoms. The van der Waals surface area contributed by atoms with Gasteiger partial charge in [-0.2, -0.15) is 18.2 Å². The summed E-state index contributed by atoms with van der Waals surface area (Å²) in [5.74, 6) is 4.71. The third kappa shape index (κ3) is 3.73. The van der Waals surface area contributed by atoms with Gasteiger partial charge in [-0.05, 0) is 30.7 Å². The Kier molecular flexibility index (Phi) is 4.19. The molecule has 0 spiro atoms. The monoisotopic (exact) mass is 318 g/mol. The Balaban J connectivity index is 2.39. The Labute approximate surface area is 122 Å². The number of halogens is 4. The van der Waals surface area contributed by atoms with Crippen LogP contribution in [0.3, 0.4) is 0 Å². The molecule has 1 aromatic carbocycles. The highest BCUT2D eigenvalue weighted by Gasteiger charge is 2.34. The summed E-state index contributed by atoms with van der Waals surface area (Å²) >= 11 is 5.80. The average Bonchev–Trinajstić information content (AvgIpc) is 2.40. The van der Waals surface area contributed by atoms with Gasteiger partial charge in [-0.15, -0.1) is 0 Å². The van der Waals surface area contributed by atoms with Gasteiger partial charge in [0.1, 0.15) is 5.75 Å². The van der Waals surface area contributed by atoms with Crippen molar-refractivity contribution in [1.29, 1.82) is 0 Å². The van der Waals surface area contributed by atoms with Crippen LogP contribution in [0.2, 0.25) is 5.02 Å². The van der Waals surface area contributed by atoms with E-state index < -0.39 is 17.8 Å². The molecule has 112 valence electrons.